The first-order valence-corrected chi connectivity index (χ1v) is 7.87. The summed E-state index contributed by atoms with van der Waals surface area (Å²) >= 11 is 2.01. The molecule has 1 aliphatic carbocycles. The summed E-state index contributed by atoms with van der Waals surface area (Å²) < 4.78 is 0. The maximum atomic E-state index is 9.50. The molecule has 1 aromatic carbocycles. The van der Waals surface area contributed by atoms with E-state index < -0.39 is 0 Å². The Balaban J connectivity index is 1.96. The minimum Gasteiger partial charge on any atom is -0.389 e. The number of hydrogen-bond acceptors (Lipinski definition) is 2. The van der Waals surface area contributed by atoms with Crippen molar-refractivity contribution in [2.75, 3.05) is 0 Å². The van der Waals surface area contributed by atoms with Gasteiger partial charge in [0.1, 0.15) is 0 Å². The highest BCUT2D eigenvalue weighted by molar-refractivity contribution is 8.00. The smallest absolute Gasteiger partial charge is 0.0761 e. The number of rotatable bonds is 3. The van der Waals surface area contributed by atoms with Gasteiger partial charge in [-0.05, 0) is 55.7 Å². The zero-order valence-electron chi connectivity index (χ0n) is 11.6. The van der Waals surface area contributed by atoms with Crippen LogP contribution in [-0.2, 0) is 0 Å². The van der Waals surface area contributed by atoms with Crippen molar-refractivity contribution in [2.45, 2.75) is 56.3 Å². The first kappa shape index (κ1) is 14.0. The summed E-state index contributed by atoms with van der Waals surface area (Å²) in [5.74, 6) is 1.73. The molecule has 1 fully saturated rings. The van der Waals surface area contributed by atoms with Crippen molar-refractivity contribution in [3.63, 3.8) is 0 Å². The van der Waals surface area contributed by atoms with E-state index in [0.717, 1.165) is 22.6 Å². The lowest BCUT2D eigenvalue weighted by Gasteiger charge is -2.31. The van der Waals surface area contributed by atoms with E-state index in [4.69, 9.17) is 0 Å². The Kier molecular flexibility index (Phi) is 4.74. The molecule has 1 aromatic rings. The fourth-order valence-corrected chi connectivity index (χ4v) is 4.51. The maximum Gasteiger partial charge on any atom is 0.0761 e. The second kappa shape index (κ2) is 6.12. The lowest BCUT2D eigenvalue weighted by molar-refractivity contribution is 0.199. The Labute approximate surface area is 115 Å². The largest absolute Gasteiger partial charge is 0.389 e. The molecule has 3 atom stereocenters. The number of benzene rings is 1. The topological polar surface area (TPSA) is 20.2 Å². The molecule has 0 aliphatic heterocycles. The number of aliphatic hydroxyl groups is 1. The third-order valence-electron chi connectivity index (χ3n) is 3.80. The molecule has 18 heavy (non-hydrogen) atoms. The van der Waals surface area contributed by atoms with Gasteiger partial charge in [0.2, 0.25) is 0 Å². The fraction of sp³-hybridized carbons (Fsp3) is 0.625. The van der Waals surface area contributed by atoms with Crippen LogP contribution in [0.3, 0.4) is 0 Å². The van der Waals surface area contributed by atoms with Gasteiger partial charge in [-0.15, -0.1) is 11.8 Å². The van der Waals surface area contributed by atoms with Gasteiger partial charge in [0.15, 0.2) is 0 Å². The lowest BCUT2D eigenvalue weighted by atomic mass is 9.83. The van der Waals surface area contributed by atoms with Crippen LogP contribution in [0.5, 0.6) is 0 Å². The third kappa shape index (κ3) is 3.76. The van der Waals surface area contributed by atoms with E-state index in [1.54, 1.807) is 0 Å². The zero-order chi connectivity index (χ0) is 13.1. The molecule has 1 saturated carbocycles. The molecule has 0 amide bonds. The Morgan fingerprint density at radius 2 is 1.61 bits per heavy atom. The van der Waals surface area contributed by atoms with Crippen LogP contribution >= 0.6 is 11.8 Å². The maximum absolute atomic E-state index is 9.50. The summed E-state index contributed by atoms with van der Waals surface area (Å²) in [7, 11) is 0. The Morgan fingerprint density at radius 1 is 1.06 bits per heavy atom. The highest BCUT2D eigenvalue weighted by Crippen LogP contribution is 2.38. The molecule has 0 heterocycles. The Hall–Kier alpha value is -0.470. The van der Waals surface area contributed by atoms with Gasteiger partial charge in [-0.25, -0.2) is 0 Å². The number of aliphatic hydroxyl groups excluding tert-OH is 1. The third-order valence-corrected chi connectivity index (χ3v) is 5.06. The molecule has 1 N–H and O–H groups in total. The van der Waals surface area contributed by atoms with Gasteiger partial charge in [-0.2, -0.15) is 0 Å². The molecule has 0 radical (unpaired) electrons. The van der Waals surface area contributed by atoms with Gasteiger partial charge in [0, 0.05) is 10.1 Å². The Morgan fingerprint density at radius 3 is 2.11 bits per heavy atom. The van der Waals surface area contributed by atoms with Crippen LogP contribution in [0.1, 0.15) is 51.7 Å². The minimum absolute atomic E-state index is 0.362. The second-order valence-corrected chi connectivity index (χ2v) is 7.28. The number of hydrogen-bond donors (Lipinski definition) is 1. The van der Waals surface area contributed by atoms with E-state index in [1.807, 2.05) is 30.8 Å². The summed E-state index contributed by atoms with van der Waals surface area (Å²) in [5, 5.41) is 10.3. The van der Waals surface area contributed by atoms with Crippen LogP contribution in [0.15, 0.2) is 29.2 Å². The molecule has 0 aromatic heterocycles. The second-order valence-electron chi connectivity index (χ2n) is 5.90. The molecule has 2 rings (SSSR count). The van der Waals surface area contributed by atoms with E-state index in [-0.39, 0.29) is 6.10 Å². The molecule has 3 unspecified atom stereocenters. The van der Waals surface area contributed by atoms with Crippen LogP contribution in [0.2, 0.25) is 0 Å². The van der Waals surface area contributed by atoms with Crippen molar-refractivity contribution in [2.24, 2.45) is 11.8 Å². The predicted octanol–water partition coefficient (Wildman–Crippen LogP) is 4.66. The average molecular weight is 264 g/mol. The monoisotopic (exact) mass is 264 g/mol. The molecule has 1 nitrogen and oxygen atoms in total. The number of thioether (sulfide) groups is 1. The highest BCUT2D eigenvalue weighted by Gasteiger charge is 2.24. The first-order valence-electron chi connectivity index (χ1n) is 6.99. The van der Waals surface area contributed by atoms with E-state index in [9.17, 15) is 5.11 Å². The van der Waals surface area contributed by atoms with Gasteiger partial charge in [0.25, 0.3) is 0 Å². The van der Waals surface area contributed by atoms with E-state index in [2.05, 4.69) is 26.0 Å². The van der Waals surface area contributed by atoms with E-state index >= 15 is 0 Å². The first-order chi connectivity index (χ1) is 8.54. The van der Waals surface area contributed by atoms with Crippen LogP contribution < -0.4 is 0 Å². The molecular formula is C16H24OS. The van der Waals surface area contributed by atoms with Gasteiger partial charge in [0.05, 0.1) is 6.10 Å². The summed E-state index contributed by atoms with van der Waals surface area (Å²) in [4.78, 5) is 1.34. The summed E-state index contributed by atoms with van der Waals surface area (Å²) in [6.07, 6.45) is 3.71. The van der Waals surface area contributed by atoms with Crippen LogP contribution in [0.25, 0.3) is 0 Å². The molecule has 100 valence electrons. The van der Waals surface area contributed by atoms with Crippen molar-refractivity contribution in [1.82, 2.24) is 0 Å². The van der Waals surface area contributed by atoms with Crippen molar-refractivity contribution in [3.05, 3.63) is 29.8 Å². The molecule has 2 heteroatoms. The zero-order valence-corrected chi connectivity index (χ0v) is 12.4. The van der Waals surface area contributed by atoms with Gasteiger partial charge in [-0.3, -0.25) is 0 Å². The van der Waals surface area contributed by atoms with Crippen LogP contribution in [0, 0.1) is 11.8 Å². The SMILES string of the molecule is CC1CC(C)CC(Sc2ccc(C(C)O)cc2)C1. The van der Waals surface area contributed by atoms with Gasteiger partial charge < -0.3 is 5.11 Å². The predicted molar refractivity (Wildman–Crippen MR) is 78.9 cm³/mol. The molecule has 0 bridgehead atoms. The summed E-state index contributed by atoms with van der Waals surface area (Å²) in [5.41, 5.74) is 1.00. The Bertz CT molecular complexity index is 361. The average Bonchev–Trinajstić information content (AvgIpc) is 2.28. The van der Waals surface area contributed by atoms with Crippen molar-refractivity contribution in [1.29, 1.82) is 0 Å². The van der Waals surface area contributed by atoms with Crippen molar-refractivity contribution >= 4 is 11.8 Å². The minimum atomic E-state index is -0.362. The van der Waals surface area contributed by atoms with E-state index in [1.165, 1.54) is 24.2 Å². The molecule has 0 saturated heterocycles. The molecule has 0 spiro atoms. The van der Waals surface area contributed by atoms with E-state index in [0.29, 0.717) is 0 Å². The molecule has 1 aliphatic rings. The standard InChI is InChI=1S/C16H24OS/c1-11-8-12(2)10-16(9-11)18-15-6-4-14(5-7-15)13(3)17/h4-7,11-13,16-17H,8-10H2,1-3H3. The molecular weight excluding hydrogens is 240 g/mol. The lowest BCUT2D eigenvalue weighted by Crippen LogP contribution is -2.21. The van der Waals surface area contributed by atoms with Crippen LogP contribution in [-0.4, -0.2) is 10.4 Å². The van der Waals surface area contributed by atoms with Gasteiger partial charge in [-0.1, -0.05) is 26.0 Å². The van der Waals surface area contributed by atoms with Crippen molar-refractivity contribution in [3.8, 4) is 0 Å². The summed E-state index contributed by atoms with van der Waals surface area (Å²) in [6.45, 7) is 6.56. The fourth-order valence-electron chi connectivity index (χ4n) is 2.99. The van der Waals surface area contributed by atoms with Gasteiger partial charge >= 0.3 is 0 Å². The summed E-state index contributed by atoms with van der Waals surface area (Å²) in [6, 6.07) is 8.39. The highest BCUT2D eigenvalue weighted by atomic mass is 32.2. The quantitative estimate of drug-likeness (QED) is 0.857. The van der Waals surface area contributed by atoms with Crippen LogP contribution in [0.4, 0.5) is 0 Å². The normalized spacial score (nSPS) is 30.1. The van der Waals surface area contributed by atoms with Crippen molar-refractivity contribution < 1.29 is 5.11 Å².